The van der Waals surface area contributed by atoms with Crippen LogP contribution < -0.4 is 9.46 Å². The molecule has 3 rings (SSSR count). The molecule has 0 saturated carbocycles. The highest BCUT2D eigenvalue weighted by atomic mass is 32.2. The Bertz CT molecular complexity index is 967. The molecule has 0 saturated heterocycles. The largest absolute Gasteiger partial charge is 0.508 e. The fraction of sp³-hybridized carbons (Fsp3) is 0.478. The molecule has 1 aliphatic heterocycles. The Morgan fingerprint density at radius 3 is 2.86 bits per heavy atom. The average molecular weight is 416 g/mol. The fourth-order valence-electron chi connectivity index (χ4n) is 4.23. The van der Waals surface area contributed by atoms with E-state index < -0.39 is 10.0 Å². The minimum Gasteiger partial charge on any atom is -0.508 e. The molecule has 0 amide bonds. The van der Waals surface area contributed by atoms with Crippen LogP contribution in [0, 0.1) is 30.7 Å². The summed E-state index contributed by atoms with van der Waals surface area (Å²) in [4.78, 5) is 0. The second kappa shape index (κ2) is 8.41. The van der Waals surface area contributed by atoms with E-state index in [0.717, 1.165) is 36.0 Å². The molecule has 1 heterocycles. The fourth-order valence-corrected chi connectivity index (χ4v) is 4.65. The Labute approximate surface area is 174 Å². The van der Waals surface area contributed by atoms with Crippen LogP contribution in [0.15, 0.2) is 23.8 Å². The van der Waals surface area contributed by atoms with Crippen molar-refractivity contribution in [3.8, 4) is 23.3 Å². The van der Waals surface area contributed by atoms with Gasteiger partial charge in [0.1, 0.15) is 17.1 Å². The van der Waals surface area contributed by atoms with Crippen LogP contribution in [0.3, 0.4) is 0 Å². The van der Waals surface area contributed by atoms with Crippen LogP contribution in [-0.2, 0) is 10.0 Å². The SMILES string of the molecule is CC1=CCC2C(C1)c1c(O)cc([CH]C#CCC[CH]NS(C)(=O)=O)cc1OC2(C)C. The summed E-state index contributed by atoms with van der Waals surface area (Å²) in [6.07, 6.45) is 8.12. The molecule has 1 aliphatic carbocycles. The van der Waals surface area contributed by atoms with Crippen molar-refractivity contribution in [2.24, 2.45) is 5.92 Å². The maximum Gasteiger partial charge on any atom is 0.209 e. The van der Waals surface area contributed by atoms with Crippen LogP contribution in [0.25, 0.3) is 0 Å². The molecular weight excluding hydrogens is 386 g/mol. The number of hydrogen-bond donors (Lipinski definition) is 2. The van der Waals surface area contributed by atoms with Crippen molar-refractivity contribution in [1.82, 2.24) is 4.72 Å². The van der Waals surface area contributed by atoms with E-state index >= 15 is 0 Å². The van der Waals surface area contributed by atoms with Gasteiger partial charge in [-0.05, 0) is 57.7 Å². The van der Waals surface area contributed by atoms with E-state index in [4.69, 9.17) is 4.74 Å². The summed E-state index contributed by atoms with van der Waals surface area (Å²) in [5.74, 6) is 7.56. The number of ether oxygens (including phenoxy) is 1. The monoisotopic (exact) mass is 415 g/mol. The minimum atomic E-state index is -3.20. The van der Waals surface area contributed by atoms with Crippen molar-refractivity contribution in [1.29, 1.82) is 0 Å². The van der Waals surface area contributed by atoms with Crippen LogP contribution in [-0.4, -0.2) is 25.4 Å². The van der Waals surface area contributed by atoms with Gasteiger partial charge in [-0.25, -0.2) is 13.1 Å². The highest BCUT2D eigenvalue weighted by Crippen LogP contribution is 2.54. The zero-order valence-corrected chi connectivity index (χ0v) is 18.3. The van der Waals surface area contributed by atoms with Gasteiger partial charge in [-0.2, -0.15) is 0 Å². The second-order valence-corrected chi connectivity index (χ2v) is 10.2. The van der Waals surface area contributed by atoms with E-state index in [0.29, 0.717) is 18.8 Å². The van der Waals surface area contributed by atoms with E-state index in [9.17, 15) is 13.5 Å². The molecular formula is C23H29NO4S. The summed E-state index contributed by atoms with van der Waals surface area (Å²) in [7, 11) is -3.20. The lowest BCUT2D eigenvalue weighted by molar-refractivity contribution is 0.00757. The summed E-state index contributed by atoms with van der Waals surface area (Å²) in [5.41, 5.74) is 2.77. The van der Waals surface area contributed by atoms with E-state index in [1.54, 1.807) is 12.5 Å². The summed E-state index contributed by atoms with van der Waals surface area (Å²) in [6, 6.07) is 3.70. The molecule has 6 heteroatoms. The smallest absolute Gasteiger partial charge is 0.209 e. The topological polar surface area (TPSA) is 75.6 Å². The van der Waals surface area contributed by atoms with E-state index in [-0.39, 0.29) is 17.3 Å². The van der Waals surface area contributed by atoms with E-state index in [1.807, 2.05) is 6.07 Å². The molecule has 0 fully saturated rings. The number of unbranched alkanes of at least 4 members (excludes halogenated alkanes) is 1. The van der Waals surface area contributed by atoms with Crippen LogP contribution >= 0.6 is 0 Å². The highest BCUT2D eigenvalue weighted by Gasteiger charge is 2.45. The van der Waals surface area contributed by atoms with Gasteiger partial charge in [0, 0.05) is 30.4 Å². The molecule has 0 bridgehead atoms. The maximum atomic E-state index is 11.0. The van der Waals surface area contributed by atoms with E-state index in [2.05, 4.69) is 43.4 Å². The van der Waals surface area contributed by atoms with Gasteiger partial charge in [0.2, 0.25) is 10.0 Å². The lowest BCUT2D eigenvalue weighted by Gasteiger charge is -2.47. The lowest BCUT2D eigenvalue weighted by atomic mass is 9.67. The van der Waals surface area contributed by atoms with Crippen LogP contribution in [0.1, 0.15) is 63.5 Å². The van der Waals surface area contributed by atoms with Crippen LogP contribution in [0.5, 0.6) is 11.5 Å². The van der Waals surface area contributed by atoms with Gasteiger partial charge in [0.05, 0.1) is 12.7 Å². The van der Waals surface area contributed by atoms with Gasteiger partial charge in [-0.3, -0.25) is 0 Å². The zero-order valence-electron chi connectivity index (χ0n) is 17.5. The Morgan fingerprint density at radius 2 is 2.14 bits per heavy atom. The van der Waals surface area contributed by atoms with E-state index in [1.165, 1.54) is 12.1 Å². The number of aromatic hydroxyl groups is 1. The number of phenols is 1. The number of phenolic OH excluding ortho intramolecular Hbond substituents is 1. The Kier molecular flexibility index (Phi) is 6.30. The van der Waals surface area contributed by atoms with Crippen LogP contribution in [0.2, 0.25) is 0 Å². The number of hydrogen-bond acceptors (Lipinski definition) is 4. The molecule has 5 nitrogen and oxygen atoms in total. The van der Waals surface area contributed by atoms with Gasteiger partial charge in [0.25, 0.3) is 0 Å². The molecule has 1 aromatic rings. The second-order valence-electron chi connectivity index (χ2n) is 8.46. The number of rotatable bonds is 5. The zero-order chi connectivity index (χ0) is 21.2. The Balaban J connectivity index is 1.70. The third-order valence-corrected chi connectivity index (χ3v) is 6.17. The van der Waals surface area contributed by atoms with Crippen molar-refractivity contribution in [3.05, 3.63) is 47.9 Å². The summed E-state index contributed by atoms with van der Waals surface area (Å²) in [6.45, 7) is 7.88. The van der Waals surface area contributed by atoms with Crippen molar-refractivity contribution >= 4 is 10.0 Å². The first-order valence-electron chi connectivity index (χ1n) is 9.89. The predicted molar refractivity (Wildman–Crippen MR) is 115 cm³/mol. The molecule has 2 aliphatic rings. The normalized spacial score (nSPS) is 22.4. The molecule has 29 heavy (non-hydrogen) atoms. The molecule has 156 valence electrons. The lowest BCUT2D eigenvalue weighted by Crippen LogP contribution is -2.45. The molecule has 2 unspecified atom stereocenters. The first-order chi connectivity index (χ1) is 13.6. The molecule has 0 aromatic heterocycles. The Hall–Kier alpha value is -1.97. The quantitative estimate of drug-likeness (QED) is 0.432. The molecule has 0 spiro atoms. The first-order valence-corrected chi connectivity index (χ1v) is 11.8. The van der Waals surface area contributed by atoms with Gasteiger partial charge in [-0.1, -0.05) is 17.6 Å². The van der Waals surface area contributed by atoms with Crippen molar-refractivity contribution < 1.29 is 18.3 Å². The third kappa shape index (κ3) is 5.34. The average Bonchev–Trinajstić information content (AvgIpc) is 2.58. The number of nitrogens with one attached hydrogen (secondary N) is 1. The number of benzene rings is 1. The standard InChI is InChI=1S/C23H29NO4S/c1-16-10-11-19-18(13-16)22-20(25)14-17(15-21(22)28-23(19,2)3)9-7-5-6-8-12-24-29(4,26)27/h9-10,12,14-15,18-19,24-25H,6,8,11,13H2,1-4H3. The summed E-state index contributed by atoms with van der Waals surface area (Å²) in [5, 5.41) is 10.7. The summed E-state index contributed by atoms with van der Waals surface area (Å²) < 4.78 is 30.6. The molecule has 2 radical (unpaired) electrons. The highest BCUT2D eigenvalue weighted by molar-refractivity contribution is 7.88. The molecule has 2 atom stereocenters. The predicted octanol–water partition coefficient (Wildman–Crippen LogP) is 4.05. The minimum absolute atomic E-state index is 0.261. The maximum absolute atomic E-state index is 11.0. The first kappa shape index (κ1) is 21.7. The van der Waals surface area contributed by atoms with Crippen molar-refractivity contribution in [2.45, 2.75) is 58.0 Å². The van der Waals surface area contributed by atoms with Crippen LogP contribution in [0.4, 0.5) is 0 Å². The number of allylic oxidation sites excluding steroid dienone is 2. The summed E-state index contributed by atoms with van der Waals surface area (Å²) >= 11 is 0. The van der Waals surface area contributed by atoms with Gasteiger partial charge in [0.15, 0.2) is 0 Å². The molecule has 2 N–H and O–H groups in total. The number of fused-ring (bicyclic) bond motifs is 3. The van der Waals surface area contributed by atoms with Gasteiger partial charge in [-0.15, -0.1) is 5.92 Å². The Morgan fingerprint density at radius 1 is 1.38 bits per heavy atom. The van der Waals surface area contributed by atoms with Gasteiger partial charge < -0.3 is 9.84 Å². The third-order valence-electron chi connectivity index (χ3n) is 5.58. The van der Waals surface area contributed by atoms with Crippen molar-refractivity contribution in [2.75, 3.05) is 6.26 Å². The molecule has 1 aromatic carbocycles. The van der Waals surface area contributed by atoms with Gasteiger partial charge >= 0.3 is 0 Å². The van der Waals surface area contributed by atoms with Crippen molar-refractivity contribution in [3.63, 3.8) is 0 Å². The number of sulfonamides is 1.